The molecule has 3 N–H and O–H groups in total. The van der Waals surface area contributed by atoms with E-state index >= 15 is 0 Å². The maximum Gasteiger partial charge on any atom is 0.328 e. The molecular formula is C10H13N3O3. The van der Waals surface area contributed by atoms with Gasteiger partial charge in [0.25, 0.3) is 5.91 Å². The van der Waals surface area contributed by atoms with E-state index in [1.807, 2.05) is 0 Å². The van der Waals surface area contributed by atoms with Gasteiger partial charge in [-0.2, -0.15) is 0 Å². The molecule has 1 rings (SSSR count). The number of carbonyl (C=O) groups excluding carboxylic acids is 2. The predicted octanol–water partition coefficient (Wildman–Crippen LogP) is -0.0449. The molecule has 0 fully saturated rings. The quantitative estimate of drug-likeness (QED) is 0.701. The van der Waals surface area contributed by atoms with Crippen molar-refractivity contribution in [2.24, 2.45) is 0 Å². The van der Waals surface area contributed by atoms with E-state index in [4.69, 9.17) is 5.73 Å². The number of hydrogen-bond donors (Lipinski definition) is 2. The van der Waals surface area contributed by atoms with Crippen LogP contribution in [0.4, 0.5) is 5.69 Å². The number of nitrogens with zero attached hydrogens (tertiary/aromatic N) is 1. The van der Waals surface area contributed by atoms with Crippen LogP contribution in [0.3, 0.4) is 0 Å². The highest BCUT2D eigenvalue weighted by Gasteiger charge is 2.18. The number of nitrogens with two attached hydrogens (primary N) is 1. The molecule has 1 aromatic heterocycles. The van der Waals surface area contributed by atoms with Gasteiger partial charge in [-0.05, 0) is 19.1 Å². The molecule has 0 aromatic carbocycles. The molecule has 86 valence electrons. The number of aromatic nitrogens is 1. The number of nitrogen functional groups attached to an aromatic ring is 1. The Balaban J connectivity index is 2.73. The highest BCUT2D eigenvalue weighted by atomic mass is 16.5. The van der Waals surface area contributed by atoms with Gasteiger partial charge in [0, 0.05) is 6.20 Å². The van der Waals surface area contributed by atoms with Crippen molar-refractivity contribution in [1.82, 2.24) is 10.3 Å². The summed E-state index contributed by atoms with van der Waals surface area (Å²) in [6.07, 6.45) is 1.45. The Morgan fingerprint density at radius 3 is 2.81 bits per heavy atom. The lowest BCUT2D eigenvalue weighted by molar-refractivity contribution is -0.142. The number of hydrogen-bond acceptors (Lipinski definition) is 5. The van der Waals surface area contributed by atoms with Crippen LogP contribution < -0.4 is 11.1 Å². The predicted molar refractivity (Wildman–Crippen MR) is 57.6 cm³/mol. The van der Waals surface area contributed by atoms with E-state index in [0.717, 1.165) is 0 Å². The fourth-order valence-corrected chi connectivity index (χ4v) is 1.11. The SMILES string of the molecule is COC(=O)[C@H](C)NC(=O)c1ncccc1N. The van der Waals surface area contributed by atoms with Gasteiger partial charge in [-0.3, -0.25) is 4.79 Å². The number of pyridine rings is 1. The largest absolute Gasteiger partial charge is 0.467 e. The molecule has 0 unspecified atom stereocenters. The molecule has 0 saturated carbocycles. The number of methoxy groups -OCH3 is 1. The molecule has 0 saturated heterocycles. The number of rotatable bonds is 3. The molecule has 1 atom stereocenters. The van der Waals surface area contributed by atoms with Gasteiger partial charge in [0.05, 0.1) is 12.8 Å². The Bertz CT molecular complexity index is 406. The minimum Gasteiger partial charge on any atom is -0.467 e. The van der Waals surface area contributed by atoms with Gasteiger partial charge < -0.3 is 15.8 Å². The molecular weight excluding hydrogens is 210 g/mol. The fourth-order valence-electron chi connectivity index (χ4n) is 1.11. The second kappa shape index (κ2) is 5.11. The summed E-state index contributed by atoms with van der Waals surface area (Å²) in [4.78, 5) is 26.5. The molecule has 16 heavy (non-hydrogen) atoms. The molecule has 6 nitrogen and oxygen atoms in total. The van der Waals surface area contributed by atoms with Crippen molar-refractivity contribution in [2.75, 3.05) is 12.8 Å². The van der Waals surface area contributed by atoms with E-state index in [-0.39, 0.29) is 11.4 Å². The van der Waals surface area contributed by atoms with Crippen LogP contribution in [0.15, 0.2) is 18.3 Å². The summed E-state index contributed by atoms with van der Waals surface area (Å²) in [5.74, 6) is -1.03. The summed E-state index contributed by atoms with van der Waals surface area (Å²) in [7, 11) is 1.25. The summed E-state index contributed by atoms with van der Waals surface area (Å²) in [5.41, 5.74) is 5.92. The monoisotopic (exact) mass is 223 g/mol. The molecule has 0 aliphatic rings. The van der Waals surface area contributed by atoms with E-state index in [1.165, 1.54) is 20.2 Å². The Kier molecular flexibility index (Phi) is 3.82. The lowest BCUT2D eigenvalue weighted by atomic mass is 10.2. The topological polar surface area (TPSA) is 94.3 Å². The lowest BCUT2D eigenvalue weighted by Gasteiger charge is -2.11. The molecule has 0 aliphatic carbocycles. The van der Waals surface area contributed by atoms with Gasteiger partial charge >= 0.3 is 5.97 Å². The zero-order chi connectivity index (χ0) is 12.1. The van der Waals surface area contributed by atoms with Crippen LogP contribution >= 0.6 is 0 Å². The van der Waals surface area contributed by atoms with Crippen LogP contribution in [0.2, 0.25) is 0 Å². The van der Waals surface area contributed by atoms with Crippen molar-refractivity contribution in [3.63, 3.8) is 0 Å². The first-order valence-corrected chi connectivity index (χ1v) is 4.65. The number of esters is 1. The first kappa shape index (κ1) is 12.0. The van der Waals surface area contributed by atoms with Crippen molar-refractivity contribution in [1.29, 1.82) is 0 Å². The minimum atomic E-state index is -0.737. The van der Waals surface area contributed by atoms with Gasteiger partial charge in [-0.1, -0.05) is 0 Å². The van der Waals surface area contributed by atoms with E-state index < -0.39 is 17.9 Å². The Labute approximate surface area is 92.8 Å². The van der Waals surface area contributed by atoms with Crippen LogP contribution in [-0.4, -0.2) is 30.0 Å². The second-order valence-corrected chi connectivity index (χ2v) is 3.16. The van der Waals surface area contributed by atoms with E-state index in [9.17, 15) is 9.59 Å². The van der Waals surface area contributed by atoms with E-state index in [2.05, 4.69) is 15.0 Å². The third-order valence-corrected chi connectivity index (χ3v) is 1.96. The number of amides is 1. The van der Waals surface area contributed by atoms with Crippen LogP contribution in [-0.2, 0) is 9.53 Å². The zero-order valence-corrected chi connectivity index (χ0v) is 9.06. The number of ether oxygens (including phenoxy) is 1. The van der Waals surface area contributed by atoms with Gasteiger partial charge in [0.15, 0.2) is 5.69 Å². The summed E-state index contributed by atoms with van der Waals surface area (Å²) in [5, 5.41) is 2.43. The molecule has 1 aromatic rings. The number of nitrogens with one attached hydrogen (secondary N) is 1. The third-order valence-electron chi connectivity index (χ3n) is 1.96. The second-order valence-electron chi connectivity index (χ2n) is 3.16. The van der Waals surface area contributed by atoms with Gasteiger partial charge in [-0.25, -0.2) is 9.78 Å². The Hall–Kier alpha value is -2.11. The minimum absolute atomic E-state index is 0.0956. The van der Waals surface area contributed by atoms with Gasteiger partial charge in [0.2, 0.25) is 0 Å². The molecule has 0 radical (unpaired) electrons. The molecule has 6 heteroatoms. The van der Waals surface area contributed by atoms with Gasteiger partial charge in [0.1, 0.15) is 6.04 Å². The van der Waals surface area contributed by atoms with Crippen molar-refractivity contribution in [2.45, 2.75) is 13.0 Å². The standard InChI is InChI=1S/C10H13N3O3/c1-6(10(15)16-2)13-9(14)8-7(11)4-3-5-12-8/h3-6H,11H2,1-2H3,(H,13,14)/t6-/m0/s1. The highest BCUT2D eigenvalue weighted by molar-refractivity contribution is 5.98. The Morgan fingerprint density at radius 2 is 2.25 bits per heavy atom. The molecule has 1 amide bonds. The van der Waals surface area contributed by atoms with Crippen LogP contribution in [0.1, 0.15) is 17.4 Å². The number of carbonyl (C=O) groups is 2. The van der Waals surface area contributed by atoms with Crippen molar-refractivity contribution in [3.05, 3.63) is 24.0 Å². The average Bonchev–Trinajstić information content (AvgIpc) is 2.28. The molecule has 0 aliphatic heterocycles. The molecule has 1 heterocycles. The van der Waals surface area contributed by atoms with Crippen LogP contribution in [0, 0.1) is 0 Å². The average molecular weight is 223 g/mol. The number of anilines is 1. The fraction of sp³-hybridized carbons (Fsp3) is 0.300. The normalized spacial score (nSPS) is 11.6. The summed E-state index contributed by atoms with van der Waals surface area (Å²) >= 11 is 0. The summed E-state index contributed by atoms with van der Waals surface area (Å²) < 4.78 is 4.47. The van der Waals surface area contributed by atoms with Crippen LogP contribution in [0.5, 0.6) is 0 Å². The highest BCUT2D eigenvalue weighted by Crippen LogP contribution is 2.06. The lowest BCUT2D eigenvalue weighted by Crippen LogP contribution is -2.39. The van der Waals surface area contributed by atoms with Gasteiger partial charge in [-0.15, -0.1) is 0 Å². The zero-order valence-electron chi connectivity index (χ0n) is 9.06. The Morgan fingerprint density at radius 1 is 1.56 bits per heavy atom. The first-order chi connectivity index (χ1) is 7.56. The third kappa shape index (κ3) is 2.69. The van der Waals surface area contributed by atoms with Crippen LogP contribution in [0.25, 0.3) is 0 Å². The maximum atomic E-state index is 11.6. The first-order valence-electron chi connectivity index (χ1n) is 4.65. The smallest absolute Gasteiger partial charge is 0.328 e. The molecule has 0 spiro atoms. The van der Waals surface area contributed by atoms with E-state index in [0.29, 0.717) is 0 Å². The van der Waals surface area contributed by atoms with Crippen molar-refractivity contribution in [3.8, 4) is 0 Å². The van der Waals surface area contributed by atoms with Crippen molar-refractivity contribution < 1.29 is 14.3 Å². The van der Waals surface area contributed by atoms with Crippen molar-refractivity contribution >= 4 is 17.6 Å². The molecule has 0 bridgehead atoms. The maximum absolute atomic E-state index is 11.6. The summed E-state index contributed by atoms with van der Waals surface area (Å²) in [6.45, 7) is 1.52. The summed E-state index contributed by atoms with van der Waals surface area (Å²) in [6, 6.07) is 2.44. The van der Waals surface area contributed by atoms with E-state index in [1.54, 1.807) is 12.1 Å².